The van der Waals surface area contributed by atoms with E-state index in [-0.39, 0.29) is 31.7 Å². The Balaban J connectivity index is 1.86. The van der Waals surface area contributed by atoms with Gasteiger partial charge >= 0.3 is 12.1 Å². The van der Waals surface area contributed by atoms with Crippen LogP contribution < -0.4 is 4.72 Å². The van der Waals surface area contributed by atoms with Crippen LogP contribution in [-0.2, 0) is 30.0 Å². The number of benzene rings is 1. The van der Waals surface area contributed by atoms with Crippen molar-refractivity contribution in [2.24, 2.45) is 0 Å². The molecule has 1 saturated carbocycles. The summed E-state index contributed by atoms with van der Waals surface area (Å²) in [6, 6.07) is 10.0. The Morgan fingerprint density at radius 2 is 1.70 bits per heavy atom. The van der Waals surface area contributed by atoms with E-state index in [1.807, 2.05) is 47.6 Å². The molecule has 0 bridgehead atoms. The van der Waals surface area contributed by atoms with Gasteiger partial charge in [-0.3, -0.25) is 4.79 Å². The minimum atomic E-state index is -1.49. The van der Waals surface area contributed by atoms with Gasteiger partial charge in [-0.05, 0) is 98.5 Å². The molecule has 3 atom stereocenters. The normalized spacial score (nSPS) is 26.7. The van der Waals surface area contributed by atoms with E-state index in [0.717, 1.165) is 25.7 Å². The fraction of sp³-hybridized carbons (Fsp3) is 0.742. The Labute approximate surface area is 243 Å². The van der Waals surface area contributed by atoms with Crippen molar-refractivity contribution in [1.82, 2.24) is 9.62 Å². The lowest BCUT2D eigenvalue weighted by Gasteiger charge is -2.50. The van der Waals surface area contributed by atoms with E-state index in [0.29, 0.717) is 25.3 Å². The number of esters is 1. The molecule has 1 aromatic rings. The van der Waals surface area contributed by atoms with Crippen LogP contribution in [0.2, 0.25) is 0 Å². The third-order valence-electron chi connectivity index (χ3n) is 7.72. The lowest BCUT2D eigenvalue weighted by atomic mass is 9.79. The third-order valence-corrected chi connectivity index (χ3v) is 9.42. The van der Waals surface area contributed by atoms with Crippen molar-refractivity contribution in [1.29, 1.82) is 0 Å². The standard InChI is InChI=1S/C31H50N2O6S/c1-8-37-27(34)21-31(32-40(36)30(5,6)7)19-12-20-33(28(35)39-29(2,3)4)26(31)22-38-25-17-15-24(16-18-25)23-13-10-9-11-14-23/h9-11,13-14,24-26,32H,8,12,15-22H2,1-7H3/t24?,25?,26?,31?,40-/m1/s1. The largest absolute Gasteiger partial charge is 0.466 e. The molecule has 40 heavy (non-hydrogen) atoms. The molecule has 1 saturated heterocycles. The van der Waals surface area contributed by atoms with E-state index in [1.165, 1.54) is 5.56 Å². The van der Waals surface area contributed by atoms with Crippen molar-refractivity contribution in [2.45, 2.75) is 127 Å². The number of hydrogen-bond donors (Lipinski definition) is 1. The van der Waals surface area contributed by atoms with E-state index < -0.39 is 39.0 Å². The van der Waals surface area contributed by atoms with Crippen LogP contribution >= 0.6 is 0 Å². The summed E-state index contributed by atoms with van der Waals surface area (Å²) < 4.78 is 33.9. The predicted octanol–water partition coefficient (Wildman–Crippen LogP) is 5.87. The van der Waals surface area contributed by atoms with Crippen molar-refractivity contribution in [2.75, 3.05) is 19.8 Å². The minimum absolute atomic E-state index is 0.0171. The quantitative estimate of drug-likeness (QED) is 0.368. The molecule has 2 unspecified atom stereocenters. The second-order valence-electron chi connectivity index (χ2n) is 13.1. The van der Waals surface area contributed by atoms with Crippen molar-refractivity contribution >= 4 is 23.0 Å². The maximum Gasteiger partial charge on any atom is 0.410 e. The number of nitrogens with one attached hydrogen (secondary N) is 1. The first-order valence-electron chi connectivity index (χ1n) is 14.8. The molecule has 1 aromatic carbocycles. The predicted molar refractivity (Wildman–Crippen MR) is 158 cm³/mol. The molecule has 3 rings (SSSR count). The molecule has 9 heteroatoms. The topological polar surface area (TPSA) is 94.2 Å². The van der Waals surface area contributed by atoms with E-state index in [1.54, 1.807) is 11.8 Å². The maximum atomic E-state index is 13.5. The van der Waals surface area contributed by atoms with E-state index in [4.69, 9.17) is 14.2 Å². The fourth-order valence-electron chi connectivity index (χ4n) is 5.66. The summed E-state index contributed by atoms with van der Waals surface area (Å²) in [5, 5.41) is 0. The number of likely N-dealkylation sites (tertiary alicyclic amines) is 1. The van der Waals surface area contributed by atoms with Gasteiger partial charge in [0.05, 0.1) is 53.1 Å². The molecule has 1 N–H and O–H groups in total. The Hall–Kier alpha value is -1.97. The van der Waals surface area contributed by atoms with E-state index in [2.05, 4.69) is 29.0 Å². The third kappa shape index (κ3) is 9.02. The molecular formula is C31H50N2O6S. The van der Waals surface area contributed by atoms with Crippen LogP contribution in [0.15, 0.2) is 30.3 Å². The molecule has 226 valence electrons. The molecule has 2 aliphatic rings. The Morgan fingerprint density at radius 3 is 2.27 bits per heavy atom. The first-order valence-corrected chi connectivity index (χ1v) is 15.9. The highest BCUT2D eigenvalue weighted by Gasteiger charge is 2.51. The van der Waals surface area contributed by atoms with Crippen LogP contribution in [0.5, 0.6) is 0 Å². The average molecular weight is 579 g/mol. The number of carbonyl (C=O) groups excluding carboxylic acids is 2. The summed E-state index contributed by atoms with van der Waals surface area (Å²) in [6.07, 6.45) is 4.69. The van der Waals surface area contributed by atoms with Gasteiger partial charge in [0, 0.05) is 6.54 Å². The van der Waals surface area contributed by atoms with Crippen LogP contribution in [0.1, 0.15) is 105 Å². The number of hydrogen-bond acceptors (Lipinski definition) is 6. The SMILES string of the molecule is CCOC(=O)CC1(N[S@](=O)C(C)(C)C)CCCN(C(=O)OC(C)(C)C)C1COC1CCC(c2ccccc2)CC1. The Morgan fingerprint density at radius 1 is 1.05 bits per heavy atom. The molecule has 0 spiro atoms. The molecule has 0 radical (unpaired) electrons. The summed E-state index contributed by atoms with van der Waals surface area (Å²) in [4.78, 5) is 28.1. The van der Waals surface area contributed by atoms with Gasteiger partial charge in [0.2, 0.25) is 0 Å². The summed E-state index contributed by atoms with van der Waals surface area (Å²) in [6.45, 7) is 13.9. The maximum absolute atomic E-state index is 13.5. The monoisotopic (exact) mass is 578 g/mol. The molecule has 1 amide bonds. The zero-order valence-electron chi connectivity index (χ0n) is 25.5. The van der Waals surface area contributed by atoms with Crippen LogP contribution in [-0.4, -0.2) is 69.0 Å². The highest BCUT2D eigenvalue weighted by molar-refractivity contribution is 7.84. The molecule has 8 nitrogen and oxygen atoms in total. The number of carbonyl (C=O) groups is 2. The van der Waals surface area contributed by atoms with Crippen molar-refractivity contribution < 1.29 is 28.0 Å². The van der Waals surface area contributed by atoms with Gasteiger partial charge in [0.1, 0.15) is 5.60 Å². The average Bonchev–Trinajstić information content (AvgIpc) is 2.87. The highest BCUT2D eigenvalue weighted by atomic mass is 32.2. The second kappa shape index (κ2) is 13.8. The van der Waals surface area contributed by atoms with Gasteiger partial charge in [-0.15, -0.1) is 0 Å². The van der Waals surface area contributed by atoms with Crippen LogP contribution in [0.4, 0.5) is 4.79 Å². The molecule has 1 heterocycles. The summed E-state index contributed by atoms with van der Waals surface area (Å²) in [5.74, 6) is 0.132. The van der Waals surface area contributed by atoms with E-state index in [9.17, 15) is 13.8 Å². The first-order chi connectivity index (χ1) is 18.7. The van der Waals surface area contributed by atoms with Gasteiger partial charge in [-0.1, -0.05) is 30.3 Å². The van der Waals surface area contributed by atoms with Gasteiger partial charge < -0.3 is 19.1 Å². The molecule has 2 fully saturated rings. The van der Waals surface area contributed by atoms with E-state index >= 15 is 0 Å². The lowest BCUT2D eigenvalue weighted by molar-refractivity contribution is -0.147. The zero-order chi connectivity index (χ0) is 29.6. The summed E-state index contributed by atoms with van der Waals surface area (Å²) >= 11 is 0. The molecule has 1 aliphatic carbocycles. The van der Waals surface area contributed by atoms with Gasteiger partial charge in [-0.2, -0.15) is 0 Å². The minimum Gasteiger partial charge on any atom is -0.466 e. The highest BCUT2D eigenvalue weighted by Crippen LogP contribution is 2.37. The molecular weight excluding hydrogens is 528 g/mol. The van der Waals surface area contributed by atoms with Crippen molar-refractivity contribution in [3.8, 4) is 0 Å². The molecule has 0 aromatic heterocycles. The number of rotatable bonds is 9. The van der Waals surface area contributed by atoms with Crippen LogP contribution in [0.25, 0.3) is 0 Å². The number of amides is 1. The van der Waals surface area contributed by atoms with Gasteiger partial charge in [-0.25, -0.2) is 13.7 Å². The Kier molecular flexibility index (Phi) is 11.2. The first kappa shape index (κ1) is 32.5. The summed E-state index contributed by atoms with van der Waals surface area (Å²) in [7, 11) is -1.49. The van der Waals surface area contributed by atoms with Gasteiger partial charge in [0.25, 0.3) is 0 Å². The molecule has 1 aliphatic heterocycles. The van der Waals surface area contributed by atoms with Crippen LogP contribution in [0, 0.1) is 0 Å². The smallest absolute Gasteiger partial charge is 0.410 e. The Bertz CT molecular complexity index is 997. The lowest BCUT2D eigenvalue weighted by Crippen LogP contribution is -2.69. The van der Waals surface area contributed by atoms with Gasteiger partial charge in [0.15, 0.2) is 0 Å². The van der Waals surface area contributed by atoms with Crippen molar-refractivity contribution in [3.63, 3.8) is 0 Å². The van der Waals surface area contributed by atoms with Crippen LogP contribution in [0.3, 0.4) is 0 Å². The fourth-order valence-corrected chi connectivity index (χ4v) is 6.64. The zero-order valence-corrected chi connectivity index (χ0v) is 26.3. The second-order valence-corrected chi connectivity index (χ2v) is 15.1. The number of piperidine rings is 1. The number of nitrogens with zero attached hydrogens (tertiary/aromatic N) is 1. The van der Waals surface area contributed by atoms with Crippen molar-refractivity contribution in [3.05, 3.63) is 35.9 Å². The number of ether oxygens (including phenoxy) is 3. The summed E-state index contributed by atoms with van der Waals surface area (Å²) in [5.41, 5.74) is -0.297.